The standard InChI is InChI=1S/C26H22N4O4/c31-17-20-14-18-5-7-21(8-6-18)33-12-1-2-13-34-22-9-10-24-19(15-22)16-30(29-24)25-23(26(32)28-20)4-3-11-27-25/h1-11,15-17,20H,12-14H2,(H,28,32)/b2-1-/t20-/m0/s1. The molecule has 170 valence electrons. The maximum Gasteiger partial charge on any atom is 0.255 e. The second-order valence-corrected chi connectivity index (χ2v) is 7.83. The molecular weight excluding hydrogens is 432 g/mol. The first-order chi connectivity index (χ1) is 16.7. The van der Waals surface area contributed by atoms with Crippen molar-refractivity contribution in [2.24, 2.45) is 0 Å². The number of carbonyl (C=O) groups excluding carboxylic acids is 2. The maximum atomic E-state index is 13.1. The third kappa shape index (κ3) is 4.66. The lowest BCUT2D eigenvalue weighted by atomic mass is 10.1. The highest BCUT2D eigenvalue weighted by atomic mass is 16.5. The Kier molecular flexibility index (Phi) is 6.03. The van der Waals surface area contributed by atoms with Gasteiger partial charge < -0.3 is 19.6 Å². The Hall–Kier alpha value is -4.46. The van der Waals surface area contributed by atoms with Gasteiger partial charge in [0, 0.05) is 17.8 Å². The zero-order chi connectivity index (χ0) is 23.3. The van der Waals surface area contributed by atoms with E-state index in [-0.39, 0.29) is 0 Å². The van der Waals surface area contributed by atoms with Crippen LogP contribution in [0.15, 0.2) is 79.1 Å². The molecule has 2 aliphatic heterocycles. The van der Waals surface area contributed by atoms with Crippen LogP contribution in [0.2, 0.25) is 0 Å². The van der Waals surface area contributed by atoms with Crippen LogP contribution in [0.25, 0.3) is 16.7 Å². The molecule has 1 atom stereocenters. The number of rotatable bonds is 1. The van der Waals surface area contributed by atoms with Crippen LogP contribution in [-0.2, 0) is 11.2 Å². The fraction of sp³-hybridized carbons (Fsp3) is 0.154. The molecule has 0 spiro atoms. The van der Waals surface area contributed by atoms with Crippen molar-refractivity contribution in [2.75, 3.05) is 13.2 Å². The lowest BCUT2D eigenvalue weighted by molar-refractivity contribution is -0.109. The molecule has 4 aromatic rings. The number of hydrogen-bond acceptors (Lipinski definition) is 6. The Labute approximate surface area is 195 Å². The smallest absolute Gasteiger partial charge is 0.255 e. The first-order valence-corrected chi connectivity index (χ1v) is 10.9. The summed E-state index contributed by atoms with van der Waals surface area (Å²) in [6, 6.07) is 15.7. The van der Waals surface area contributed by atoms with Crippen molar-refractivity contribution in [3.05, 3.63) is 90.3 Å². The average Bonchev–Trinajstić information content (AvgIpc) is 3.29. The molecular formula is C26H22N4O4. The van der Waals surface area contributed by atoms with Crippen molar-refractivity contribution < 1.29 is 19.1 Å². The van der Waals surface area contributed by atoms with Crippen LogP contribution >= 0.6 is 0 Å². The van der Waals surface area contributed by atoms with E-state index >= 15 is 0 Å². The molecule has 0 radical (unpaired) electrons. The summed E-state index contributed by atoms with van der Waals surface area (Å²) in [6.07, 6.45) is 8.29. The number of pyridine rings is 1. The van der Waals surface area contributed by atoms with Crippen molar-refractivity contribution in [1.82, 2.24) is 20.1 Å². The Morgan fingerprint density at radius 1 is 1.00 bits per heavy atom. The van der Waals surface area contributed by atoms with Crippen molar-refractivity contribution in [3.8, 4) is 17.3 Å². The molecule has 8 heteroatoms. The lowest BCUT2D eigenvalue weighted by Crippen LogP contribution is -2.38. The van der Waals surface area contributed by atoms with Crippen LogP contribution in [0.1, 0.15) is 15.9 Å². The molecule has 0 aliphatic carbocycles. The molecule has 0 unspecified atom stereocenters. The predicted octanol–water partition coefficient (Wildman–Crippen LogP) is 3.29. The Balaban J connectivity index is 1.52. The van der Waals surface area contributed by atoms with Crippen molar-refractivity contribution in [1.29, 1.82) is 0 Å². The summed E-state index contributed by atoms with van der Waals surface area (Å²) in [6.45, 7) is 0.812. The molecule has 34 heavy (non-hydrogen) atoms. The highest BCUT2D eigenvalue weighted by molar-refractivity contribution is 5.98. The quantitative estimate of drug-likeness (QED) is 0.350. The fourth-order valence-electron chi connectivity index (χ4n) is 3.74. The molecule has 1 amide bonds. The molecule has 0 saturated carbocycles. The lowest BCUT2D eigenvalue weighted by Gasteiger charge is -2.15. The summed E-state index contributed by atoms with van der Waals surface area (Å²) in [5, 5.41) is 8.22. The van der Waals surface area contributed by atoms with Gasteiger partial charge in [-0.3, -0.25) is 4.79 Å². The van der Waals surface area contributed by atoms with Gasteiger partial charge in [-0.15, -0.1) is 0 Å². The second-order valence-electron chi connectivity index (χ2n) is 7.83. The Morgan fingerprint density at radius 3 is 2.56 bits per heavy atom. The van der Waals surface area contributed by atoms with Crippen LogP contribution < -0.4 is 14.8 Å². The molecule has 2 aromatic carbocycles. The summed E-state index contributed by atoms with van der Waals surface area (Å²) in [5.74, 6) is 1.39. The molecule has 0 fully saturated rings. The summed E-state index contributed by atoms with van der Waals surface area (Å²) in [7, 11) is 0. The van der Waals surface area contributed by atoms with E-state index in [2.05, 4.69) is 15.4 Å². The molecule has 4 heterocycles. The van der Waals surface area contributed by atoms with Crippen LogP contribution in [0.4, 0.5) is 0 Å². The van der Waals surface area contributed by atoms with Gasteiger partial charge in [0.15, 0.2) is 5.82 Å². The molecule has 6 rings (SSSR count). The van der Waals surface area contributed by atoms with E-state index in [4.69, 9.17) is 9.47 Å². The number of ether oxygens (including phenoxy) is 2. The van der Waals surface area contributed by atoms with Crippen molar-refractivity contribution in [2.45, 2.75) is 12.5 Å². The van der Waals surface area contributed by atoms with Crippen molar-refractivity contribution in [3.63, 3.8) is 0 Å². The minimum Gasteiger partial charge on any atom is -0.490 e. The molecule has 8 nitrogen and oxygen atoms in total. The van der Waals surface area contributed by atoms with Gasteiger partial charge >= 0.3 is 0 Å². The highest BCUT2D eigenvalue weighted by Crippen LogP contribution is 2.22. The number of aromatic nitrogens is 3. The van der Waals surface area contributed by atoms with Crippen molar-refractivity contribution >= 4 is 23.1 Å². The number of aldehydes is 1. The van der Waals surface area contributed by atoms with E-state index in [1.165, 1.54) is 0 Å². The zero-order valence-corrected chi connectivity index (χ0v) is 18.3. The average molecular weight is 454 g/mol. The van der Waals surface area contributed by atoms with E-state index in [9.17, 15) is 9.59 Å². The topological polar surface area (TPSA) is 95.3 Å². The number of amides is 1. The van der Waals surface area contributed by atoms with Gasteiger partial charge in [-0.05, 0) is 66.6 Å². The molecule has 2 aromatic heterocycles. The number of nitrogens with zero attached hydrogens (tertiary/aromatic N) is 3. The second kappa shape index (κ2) is 9.58. The van der Waals surface area contributed by atoms with E-state index in [1.54, 1.807) is 29.2 Å². The van der Waals surface area contributed by atoms with Crippen LogP contribution in [-0.4, -0.2) is 46.2 Å². The summed E-state index contributed by atoms with van der Waals surface area (Å²) in [5.41, 5.74) is 1.96. The Morgan fingerprint density at radius 2 is 1.76 bits per heavy atom. The predicted molar refractivity (Wildman–Crippen MR) is 126 cm³/mol. The van der Waals surface area contributed by atoms with Gasteiger partial charge in [0.05, 0.1) is 17.1 Å². The summed E-state index contributed by atoms with van der Waals surface area (Å²) >= 11 is 0. The monoisotopic (exact) mass is 454 g/mol. The van der Waals surface area contributed by atoms with E-state index < -0.39 is 11.9 Å². The first kappa shape index (κ1) is 21.4. The van der Waals surface area contributed by atoms with Crippen LogP contribution in [0.3, 0.4) is 0 Å². The number of benzene rings is 2. The number of hydrogen-bond donors (Lipinski definition) is 1. The van der Waals surface area contributed by atoms with Crippen LogP contribution in [0.5, 0.6) is 11.5 Å². The summed E-state index contributed by atoms with van der Waals surface area (Å²) < 4.78 is 13.1. The molecule has 0 saturated heterocycles. The van der Waals surface area contributed by atoms with Gasteiger partial charge in [-0.1, -0.05) is 12.1 Å². The van der Waals surface area contributed by atoms with E-state index in [0.717, 1.165) is 22.8 Å². The molecule has 1 N–H and O–H groups in total. The third-order valence-electron chi connectivity index (χ3n) is 5.44. The van der Waals surface area contributed by atoms with Crippen LogP contribution in [0, 0.1) is 0 Å². The Bertz CT molecular complexity index is 1360. The minimum absolute atomic E-state index is 0.318. The number of carbonyl (C=O) groups is 2. The SMILES string of the molecule is O=C[C@@H]1Cc2ccc(cc2)OC/C=C\COc2ccc3nn(cc3c2)-c2ncccc2C(=O)N1. The maximum absolute atomic E-state index is 13.1. The normalized spacial score (nSPS) is 17.3. The largest absolute Gasteiger partial charge is 0.490 e. The highest BCUT2D eigenvalue weighted by Gasteiger charge is 2.19. The van der Waals surface area contributed by atoms with E-state index in [0.29, 0.717) is 42.5 Å². The minimum atomic E-state index is -0.694. The fourth-order valence-corrected chi connectivity index (χ4v) is 3.74. The van der Waals surface area contributed by atoms with E-state index in [1.807, 2.05) is 54.6 Å². The van der Waals surface area contributed by atoms with Gasteiger partial charge in [0.1, 0.15) is 31.0 Å². The number of fused-ring (bicyclic) bond motifs is 9. The van der Waals surface area contributed by atoms with Gasteiger partial charge in [-0.25, -0.2) is 9.67 Å². The zero-order valence-electron chi connectivity index (χ0n) is 18.3. The third-order valence-corrected chi connectivity index (χ3v) is 5.44. The van der Waals surface area contributed by atoms with Gasteiger partial charge in [0.2, 0.25) is 0 Å². The molecule has 5 bridgehead atoms. The first-order valence-electron chi connectivity index (χ1n) is 10.9. The number of nitrogens with one attached hydrogen (secondary N) is 1. The molecule has 2 aliphatic rings. The summed E-state index contributed by atoms with van der Waals surface area (Å²) in [4.78, 5) is 29.2. The van der Waals surface area contributed by atoms with Gasteiger partial charge in [-0.2, -0.15) is 5.10 Å². The van der Waals surface area contributed by atoms with Gasteiger partial charge in [0.25, 0.3) is 5.91 Å².